The van der Waals surface area contributed by atoms with Crippen LogP contribution >= 0.6 is 0 Å². The van der Waals surface area contributed by atoms with Gasteiger partial charge in [-0.2, -0.15) is 4.98 Å². The van der Waals surface area contributed by atoms with Crippen LogP contribution in [0.3, 0.4) is 0 Å². The molecule has 2 aromatic carbocycles. The third kappa shape index (κ3) is 4.55. The molecule has 0 radical (unpaired) electrons. The molecule has 224 valence electrons. The average Bonchev–Trinajstić information content (AvgIpc) is 3.57. The van der Waals surface area contributed by atoms with Gasteiger partial charge >= 0.3 is 0 Å². The first kappa shape index (κ1) is 26.7. The predicted octanol–water partition coefficient (Wildman–Crippen LogP) is 4.62. The minimum absolute atomic E-state index is 0.0241. The predicted molar refractivity (Wildman–Crippen MR) is 170 cm³/mol. The summed E-state index contributed by atoms with van der Waals surface area (Å²) >= 11 is 0. The molecule has 1 saturated heterocycles. The Balaban J connectivity index is 1.18. The van der Waals surface area contributed by atoms with Crippen LogP contribution in [-0.2, 0) is 11.3 Å². The van der Waals surface area contributed by atoms with Gasteiger partial charge in [-0.3, -0.25) is 9.59 Å². The molecule has 1 fully saturated rings. The van der Waals surface area contributed by atoms with Crippen molar-refractivity contribution in [3.05, 3.63) is 77.4 Å². The topological polar surface area (TPSA) is 102 Å². The fraction of sp³-hybridized carbons (Fsp3) is 0.333. The number of amides is 1. The molecule has 0 unspecified atom stereocenters. The molecule has 6 heterocycles. The smallest absolute Gasteiger partial charge is 0.278 e. The summed E-state index contributed by atoms with van der Waals surface area (Å²) in [7, 11) is 2.18. The van der Waals surface area contributed by atoms with Gasteiger partial charge in [-0.1, -0.05) is 12.2 Å². The van der Waals surface area contributed by atoms with Crippen LogP contribution in [0.4, 0.5) is 17.3 Å². The lowest BCUT2D eigenvalue weighted by molar-refractivity contribution is -0.121. The molecule has 0 spiro atoms. The second kappa shape index (κ2) is 10.7. The highest BCUT2D eigenvalue weighted by molar-refractivity contribution is 5.98. The second-order valence-electron chi connectivity index (χ2n) is 11.9. The Labute approximate surface area is 253 Å². The van der Waals surface area contributed by atoms with Crippen LogP contribution in [0.1, 0.15) is 31.7 Å². The van der Waals surface area contributed by atoms with E-state index in [0.717, 1.165) is 55.5 Å². The molecule has 8 rings (SSSR count). The molecule has 0 atom stereocenters. The monoisotopic (exact) mass is 590 g/mol. The van der Waals surface area contributed by atoms with Crippen LogP contribution in [0.15, 0.2) is 71.8 Å². The maximum Gasteiger partial charge on any atom is 0.278 e. The highest BCUT2D eigenvalue weighted by atomic mass is 16.5. The first-order valence-electron chi connectivity index (χ1n) is 15.3. The Bertz CT molecular complexity index is 2000. The van der Waals surface area contributed by atoms with Crippen LogP contribution in [0, 0.1) is 0 Å². The number of likely N-dealkylation sites (tertiary alicyclic amines) is 1. The van der Waals surface area contributed by atoms with Crippen molar-refractivity contribution in [1.82, 2.24) is 28.8 Å². The zero-order chi connectivity index (χ0) is 29.8. The number of nitrogens with one attached hydrogen (secondary N) is 1. The van der Waals surface area contributed by atoms with E-state index in [1.807, 2.05) is 29.0 Å². The van der Waals surface area contributed by atoms with E-state index in [4.69, 9.17) is 9.72 Å². The number of carbonyl (C=O) groups is 1. The van der Waals surface area contributed by atoms with E-state index in [-0.39, 0.29) is 18.1 Å². The largest absolute Gasteiger partial charge is 0.482 e. The molecule has 1 N–H and O–H groups in total. The molecule has 5 aromatic rings. The molecule has 3 aliphatic rings. The molecule has 0 saturated carbocycles. The summed E-state index contributed by atoms with van der Waals surface area (Å²) in [6.45, 7) is 3.24. The minimum Gasteiger partial charge on any atom is -0.482 e. The van der Waals surface area contributed by atoms with E-state index in [0.29, 0.717) is 47.5 Å². The zero-order valence-electron chi connectivity index (χ0n) is 24.6. The number of ether oxygens (including phenoxy) is 1. The lowest BCUT2D eigenvalue weighted by Gasteiger charge is -2.30. The molecule has 11 heteroatoms. The highest BCUT2D eigenvalue weighted by Crippen LogP contribution is 2.35. The summed E-state index contributed by atoms with van der Waals surface area (Å²) in [5.74, 6) is 0.980. The summed E-state index contributed by atoms with van der Waals surface area (Å²) < 4.78 is 11.6. The number of benzene rings is 2. The normalized spacial score (nSPS) is 18.5. The maximum atomic E-state index is 13.6. The average molecular weight is 591 g/mol. The van der Waals surface area contributed by atoms with Crippen LogP contribution in [0.25, 0.3) is 27.6 Å². The lowest BCUT2D eigenvalue weighted by Crippen LogP contribution is -2.39. The minimum atomic E-state index is -0.174. The standard InChI is InChI=1S/C33H34N8O3/c1-37-15-11-24(12-16-37)38-17-10-22-18-23(6-8-27(22)38)35-33-34-20-26-31(36-33)41-25-7-9-29-28(19-25)39(30(42)21-44-29)13-4-2-3-5-14-40(41)32(26)43/h3,5-10,17-20,24H,2,4,11-16,21H2,1H3,(H,34,35,36)/b5-3-. The Hall–Kier alpha value is -4.90. The number of anilines is 3. The number of nitrogens with zero attached hydrogens (tertiary/aromatic N) is 7. The Morgan fingerprint density at radius 1 is 1.00 bits per heavy atom. The van der Waals surface area contributed by atoms with Gasteiger partial charge in [-0.15, -0.1) is 0 Å². The van der Waals surface area contributed by atoms with Gasteiger partial charge in [0, 0.05) is 41.6 Å². The van der Waals surface area contributed by atoms with Crippen molar-refractivity contribution < 1.29 is 9.53 Å². The summed E-state index contributed by atoms with van der Waals surface area (Å²) in [6.07, 6.45) is 11.8. The van der Waals surface area contributed by atoms with E-state index in [1.54, 1.807) is 15.8 Å². The van der Waals surface area contributed by atoms with Crippen LogP contribution in [0.2, 0.25) is 0 Å². The maximum absolute atomic E-state index is 13.6. The van der Waals surface area contributed by atoms with Crippen molar-refractivity contribution in [2.24, 2.45) is 0 Å². The van der Waals surface area contributed by atoms with Gasteiger partial charge in [-0.05, 0) is 88.3 Å². The number of fused-ring (bicyclic) bond motifs is 6. The first-order valence-corrected chi connectivity index (χ1v) is 15.3. The molecule has 44 heavy (non-hydrogen) atoms. The van der Waals surface area contributed by atoms with Gasteiger partial charge in [0.25, 0.3) is 11.5 Å². The number of aromatic nitrogens is 5. The van der Waals surface area contributed by atoms with Crippen molar-refractivity contribution in [1.29, 1.82) is 0 Å². The van der Waals surface area contributed by atoms with Crippen molar-refractivity contribution >= 4 is 45.2 Å². The van der Waals surface area contributed by atoms with Crippen LogP contribution in [-0.4, -0.2) is 68.0 Å². The number of hydrogen-bond donors (Lipinski definition) is 1. The molecule has 1 amide bonds. The first-order chi connectivity index (χ1) is 21.5. The summed E-state index contributed by atoms with van der Waals surface area (Å²) in [6, 6.07) is 14.7. The van der Waals surface area contributed by atoms with Gasteiger partial charge in [0.05, 0.1) is 17.9 Å². The summed E-state index contributed by atoms with van der Waals surface area (Å²) in [5, 5.41) is 4.94. The van der Waals surface area contributed by atoms with Crippen molar-refractivity contribution in [2.75, 3.05) is 43.5 Å². The Morgan fingerprint density at radius 2 is 1.89 bits per heavy atom. The molecule has 3 aromatic heterocycles. The van der Waals surface area contributed by atoms with Crippen molar-refractivity contribution in [3.8, 4) is 11.4 Å². The van der Waals surface area contributed by atoms with Crippen molar-refractivity contribution in [2.45, 2.75) is 38.3 Å². The fourth-order valence-corrected chi connectivity index (χ4v) is 6.71. The quantitative estimate of drug-likeness (QED) is 0.306. The number of piperidine rings is 1. The van der Waals surface area contributed by atoms with Gasteiger partial charge in [-0.25, -0.2) is 14.3 Å². The Morgan fingerprint density at radius 3 is 2.77 bits per heavy atom. The Kier molecular flexibility index (Phi) is 6.48. The molecule has 11 nitrogen and oxygen atoms in total. The van der Waals surface area contributed by atoms with Gasteiger partial charge in [0.2, 0.25) is 5.95 Å². The fourth-order valence-electron chi connectivity index (χ4n) is 6.71. The van der Waals surface area contributed by atoms with E-state index >= 15 is 0 Å². The zero-order valence-corrected chi connectivity index (χ0v) is 24.6. The summed E-state index contributed by atoms with van der Waals surface area (Å²) in [5.41, 5.74) is 3.83. The van der Waals surface area contributed by atoms with Gasteiger partial charge in [0.15, 0.2) is 12.3 Å². The number of hydrogen-bond acceptors (Lipinski definition) is 7. The summed E-state index contributed by atoms with van der Waals surface area (Å²) in [4.78, 5) is 39.9. The van der Waals surface area contributed by atoms with E-state index in [1.165, 1.54) is 5.52 Å². The lowest BCUT2D eigenvalue weighted by atomic mass is 10.1. The molecule has 2 bridgehead atoms. The number of allylic oxidation sites excluding steroid dienone is 2. The third-order valence-electron chi connectivity index (χ3n) is 9.06. The second-order valence-corrected chi connectivity index (χ2v) is 11.9. The molecular weight excluding hydrogens is 556 g/mol. The van der Waals surface area contributed by atoms with Gasteiger partial charge < -0.3 is 24.4 Å². The SMILES string of the molecule is CN1CCC(n2ccc3cc(Nc4ncc5c(=O)n6n(c5n4)-c4ccc5c(c4)N(CCC/C=C\C6)C(=O)CO5)ccc32)CC1. The van der Waals surface area contributed by atoms with E-state index in [9.17, 15) is 9.59 Å². The number of carbonyl (C=O) groups excluding carboxylic acids is 1. The molecule has 3 aliphatic heterocycles. The molecule has 0 aliphatic carbocycles. The number of rotatable bonds is 3. The third-order valence-corrected chi connectivity index (χ3v) is 9.06. The van der Waals surface area contributed by atoms with Crippen LogP contribution in [0.5, 0.6) is 5.75 Å². The van der Waals surface area contributed by atoms with E-state index < -0.39 is 0 Å². The van der Waals surface area contributed by atoms with Crippen LogP contribution < -0.4 is 20.5 Å². The van der Waals surface area contributed by atoms with Crippen molar-refractivity contribution in [3.63, 3.8) is 0 Å². The molecular formula is C33H34N8O3. The highest BCUT2D eigenvalue weighted by Gasteiger charge is 2.27. The van der Waals surface area contributed by atoms with Gasteiger partial charge in [0.1, 0.15) is 11.1 Å². The van der Waals surface area contributed by atoms with E-state index in [2.05, 4.69) is 63.4 Å².